The number of nitrogens with one attached hydrogen (secondary N) is 1. The lowest BCUT2D eigenvalue weighted by Gasteiger charge is -2.15. The second-order valence-electron chi connectivity index (χ2n) is 4.51. The largest absolute Gasteiger partial charge is 0.492 e. The highest BCUT2D eigenvalue weighted by atomic mass is 79.9. The maximum absolute atomic E-state index is 5.72. The number of hydrogen-bond acceptors (Lipinski definition) is 5. The lowest BCUT2D eigenvalue weighted by atomic mass is 10.1. The first-order valence-corrected chi connectivity index (χ1v) is 8.06. The highest BCUT2D eigenvalue weighted by molar-refractivity contribution is 9.11. The van der Waals surface area contributed by atoms with Gasteiger partial charge in [-0.2, -0.15) is 0 Å². The van der Waals surface area contributed by atoms with Crippen LogP contribution in [-0.2, 0) is 0 Å². The van der Waals surface area contributed by atoms with Gasteiger partial charge in [-0.1, -0.05) is 6.92 Å². The zero-order valence-corrected chi connectivity index (χ0v) is 13.9. The Morgan fingerprint density at radius 1 is 1.45 bits per heavy atom. The maximum Gasteiger partial charge on any atom is 0.137 e. The Balaban J connectivity index is 2.27. The number of halogens is 1. The van der Waals surface area contributed by atoms with Gasteiger partial charge in [0.2, 0.25) is 0 Å². The Bertz CT molecular complexity index is 554. The molecule has 4 nitrogen and oxygen atoms in total. The Hall–Kier alpha value is -0.950. The first kappa shape index (κ1) is 15.4. The van der Waals surface area contributed by atoms with Crippen molar-refractivity contribution >= 4 is 27.3 Å². The van der Waals surface area contributed by atoms with Gasteiger partial charge in [-0.3, -0.25) is 10.8 Å². The monoisotopic (exact) mass is 355 g/mol. The van der Waals surface area contributed by atoms with Crippen molar-refractivity contribution in [3.8, 4) is 5.75 Å². The number of pyridine rings is 1. The van der Waals surface area contributed by atoms with E-state index in [1.807, 2.05) is 12.3 Å². The molecule has 2 heterocycles. The second-order valence-corrected chi connectivity index (χ2v) is 6.91. The van der Waals surface area contributed by atoms with Crippen LogP contribution in [0.5, 0.6) is 5.75 Å². The van der Waals surface area contributed by atoms with Crippen molar-refractivity contribution in [2.24, 2.45) is 5.84 Å². The molecule has 0 radical (unpaired) electrons. The molecule has 108 valence electrons. The number of thiophene rings is 1. The Kier molecular flexibility index (Phi) is 5.54. The molecule has 1 atom stereocenters. The molecule has 0 saturated heterocycles. The second kappa shape index (κ2) is 7.17. The number of aromatic nitrogens is 1. The van der Waals surface area contributed by atoms with E-state index in [1.54, 1.807) is 17.5 Å². The Labute approximate surface area is 131 Å². The zero-order chi connectivity index (χ0) is 14.5. The third-order valence-corrected chi connectivity index (χ3v) is 5.07. The van der Waals surface area contributed by atoms with Gasteiger partial charge in [0, 0.05) is 11.1 Å². The van der Waals surface area contributed by atoms with Gasteiger partial charge in [0.05, 0.1) is 22.6 Å². The average molecular weight is 356 g/mol. The van der Waals surface area contributed by atoms with E-state index >= 15 is 0 Å². The van der Waals surface area contributed by atoms with Crippen LogP contribution in [0.25, 0.3) is 0 Å². The molecular weight excluding hydrogens is 338 g/mol. The number of rotatable bonds is 6. The van der Waals surface area contributed by atoms with Crippen LogP contribution in [0.1, 0.15) is 35.4 Å². The van der Waals surface area contributed by atoms with E-state index in [0.29, 0.717) is 6.61 Å². The normalized spacial score (nSPS) is 12.4. The molecule has 6 heteroatoms. The van der Waals surface area contributed by atoms with E-state index in [-0.39, 0.29) is 6.04 Å². The molecule has 3 N–H and O–H groups in total. The van der Waals surface area contributed by atoms with Gasteiger partial charge in [0.1, 0.15) is 5.75 Å². The van der Waals surface area contributed by atoms with Gasteiger partial charge in [-0.25, -0.2) is 5.43 Å². The highest BCUT2D eigenvalue weighted by Gasteiger charge is 2.17. The van der Waals surface area contributed by atoms with E-state index in [1.165, 1.54) is 5.56 Å². The van der Waals surface area contributed by atoms with Gasteiger partial charge in [-0.15, -0.1) is 11.3 Å². The molecule has 0 aromatic carbocycles. The fraction of sp³-hybridized carbons (Fsp3) is 0.357. The number of hydrogen-bond donors (Lipinski definition) is 2. The fourth-order valence-electron chi connectivity index (χ4n) is 1.86. The van der Waals surface area contributed by atoms with E-state index in [0.717, 1.165) is 26.4 Å². The van der Waals surface area contributed by atoms with Crippen LogP contribution in [0.3, 0.4) is 0 Å². The summed E-state index contributed by atoms with van der Waals surface area (Å²) in [5.41, 5.74) is 5.05. The zero-order valence-electron chi connectivity index (χ0n) is 11.5. The van der Waals surface area contributed by atoms with E-state index in [2.05, 4.69) is 46.3 Å². The van der Waals surface area contributed by atoms with Crippen molar-refractivity contribution in [1.29, 1.82) is 0 Å². The standard InChI is InChI=1S/C14H18BrN3OS/c1-3-4-19-11-6-10(7-17-8-11)13(18-16)12-5-9(2)14(15)20-12/h5-8,13,18H,3-4,16H2,1-2H3. The molecule has 1 unspecified atom stereocenters. The van der Waals surface area contributed by atoms with Gasteiger partial charge in [0.25, 0.3) is 0 Å². The van der Waals surface area contributed by atoms with Crippen molar-refractivity contribution in [1.82, 2.24) is 10.4 Å². The molecule has 0 aliphatic heterocycles. The Morgan fingerprint density at radius 2 is 2.25 bits per heavy atom. The summed E-state index contributed by atoms with van der Waals surface area (Å²) in [6.07, 6.45) is 4.51. The molecule has 2 rings (SSSR count). The van der Waals surface area contributed by atoms with Crippen molar-refractivity contribution in [3.05, 3.63) is 44.3 Å². The van der Waals surface area contributed by atoms with Gasteiger partial charge in [0.15, 0.2) is 0 Å². The van der Waals surface area contributed by atoms with Crippen molar-refractivity contribution in [2.75, 3.05) is 6.61 Å². The summed E-state index contributed by atoms with van der Waals surface area (Å²) in [6.45, 7) is 4.83. The van der Waals surface area contributed by atoms with Crippen LogP contribution in [0.4, 0.5) is 0 Å². The predicted octanol–water partition coefficient (Wildman–Crippen LogP) is 3.56. The lowest BCUT2D eigenvalue weighted by Crippen LogP contribution is -2.28. The van der Waals surface area contributed by atoms with Gasteiger partial charge < -0.3 is 4.74 Å². The molecule has 0 aliphatic rings. The molecular formula is C14H18BrN3OS. The van der Waals surface area contributed by atoms with Crippen LogP contribution in [0.2, 0.25) is 0 Å². The Morgan fingerprint density at radius 3 is 2.85 bits per heavy atom. The predicted molar refractivity (Wildman–Crippen MR) is 85.9 cm³/mol. The summed E-state index contributed by atoms with van der Waals surface area (Å²) < 4.78 is 6.74. The lowest BCUT2D eigenvalue weighted by molar-refractivity contribution is 0.315. The van der Waals surface area contributed by atoms with Crippen LogP contribution in [0, 0.1) is 6.92 Å². The molecule has 20 heavy (non-hydrogen) atoms. The minimum atomic E-state index is -0.0809. The summed E-state index contributed by atoms with van der Waals surface area (Å²) >= 11 is 5.22. The van der Waals surface area contributed by atoms with E-state index in [4.69, 9.17) is 10.6 Å². The molecule has 2 aromatic rings. The molecule has 0 amide bonds. The van der Waals surface area contributed by atoms with Crippen LogP contribution < -0.4 is 16.0 Å². The van der Waals surface area contributed by atoms with Gasteiger partial charge in [-0.05, 0) is 52.5 Å². The molecule has 0 fully saturated rings. The maximum atomic E-state index is 5.72. The minimum Gasteiger partial charge on any atom is -0.492 e. The third-order valence-electron chi connectivity index (χ3n) is 2.87. The first-order valence-electron chi connectivity index (χ1n) is 6.45. The highest BCUT2D eigenvalue weighted by Crippen LogP contribution is 2.34. The quantitative estimate of drug-likeness (QED) is 0.614. The number of nitrogens with two attached hydrogens (primary N) is 1. The molecule has 0 saturated carbocycles. The van der Waals surface area contributed by atoms with Crippen molar-refractivity contribution < 1.29 is 4.74 Å². The summed E-state index contributed by atoms with van der Waals surface area (Å²) in [5, 5.41) is 0. The number of nitrogens with zero attached hydrogens (tertiary/aromatic N) is 1. The smallest absolute Gasteiger partial charge is 0.137 e. The van der Waals surface area contributed by atoms with Crippen molar-refractivity contribution in [2.45, 2.75) is 26.3 Å². The van der Waals surface area contributed by atoms with E-state index < -0.39 is 0 Å². The average Bonchev–Trinajstić information content (AvgIpc) is 2.77. The van der Waals surface area contributed by atoms with E-state index in [9.17, 15) is 0 Å². The molecule has 0 aliphatic carbocycles. The molecule has 2 aromatic heterocycles. The number of hydrazine groups is 1. The van der Waals surface area contributed by atoms with Crippen molar-refractivity contribution in [3.63, 3.8) is 0 Å². The minimum absolute atomic E-state index is 0.0809. The summed E-state index contributed by atoms with van der Waals surface area (Å²) in [5.74, 6) is 6.49. The molecule has 0 bridgehead atoms. The first-order chi connectivity index (χ1) is 9.65. The summed E-state index contributed by atoms with van der Waals surface area (Å²) in [4.78, 5) is 5.38. The fourth-order valence-corrected chi connectivity index (χ4v) is 3.52. The number of aryl methyl sites for hydroxylation is 1. The molecule has 0 spiro atoms. The van der Waals surface area contributed by atoms with Crippen LogP contribution >= 0.6 is 27.3 Å². The third kappa shape index (κ3) is 3.58. The van der Waals surface area contributed by atoms with Gasteiger partial charge >= 0.3 is 0 Å². The SMILES string of the molecule is CCCOc1cncc(C(NN)c2cc(C)c(Br)s2)c1. The summed E-state index contributed by atoms with van der Waals surface area (Å²) in [6, 6.07) is 4.03. The van der Waals surface area contributed by atoms with Crippen LogP contribution in [0.15, 0.2) is 28.3 Å². The number of ether oxygens (including phenoxy) is 1. The summed E-state index contributed by atoms with van der Waals surface area (Å²) in [7, 11) is 0. The van der Waals surface area contributed by atoms with Crippen LogP contribution in [-0.4, -0.2) is 11.6 Å². The topological polar surface area (TPSA) is 60.2 Å².